The Kier molecular flexibility index (Phi) is 4.92. The summed E-state index contributed by atoms with van der Waals surface area (Å²) in [6.45, 7) is 1.80. The molecule has 162 valence electrons. The van der Waals surface area contributed by atoms with Crippen molar-refractivity contribution >= 4 is 34.8 Å². The van der Waals surface area contributed by atoms with Crippen molar-refractivity contribution in [2.45, 2.75) is 19.1 Å². The van der Waals surface area contributed by atoms with Crippen molar-refractivity contribution in [3.8, 4) is 5.75 Å². The van der Waals surface area contributed by atoms with E-state index >= 15 is 0 Å². The lowest BCUT2D eigenvalue weighted by Crippen LogP contribution is -2.41. The lowest BCUT2D eigenvalue weighted by atomic mass is 9.76. The van der Waals surface area contributed by atoms with Crippen LogP contribution in [0.2, 0.25) is 5.02 Å². The summed E-state index contributed by atoms with van der Waals surface area (Å²) in [5.41, 5.74) is 0.950. The Morgan fingerprint density at radius 3 is 2.19 bits per heavy atom. The van der Waals surface area contributed by atoms with Crippen LogP contribution in [0, 0.1) is 5.41 Å². The van der Waals surface area contributed by atoms with Crippen molar-refractivity contribution in [2.24, 2.45) is 5.41 Å². The lowest BCUT2D eigenvalue weighted by molar-refractivity contribution is -0.128. The molecular formula is C25H21ClN2O4. The molecule has 5 rings (SSSR count). The van der Waals surface area contributed by atoms with E-state index in [2.05, 4.69) is 0 Å². The van der Waals surface area contributed by atoms with Crippen LogP contribution in [-0.4, -0.2) is 25.0 Å². The summed E-state index contributed by atoms with van der Waals surface area (Å²) in [4.78, 5) is 34.7. The molecule has 2 fully saturated rings. The van der Waals surface area contributed by atoms with Crippen LogP contribution in [0.4, 0.5) is 11.4 Å². The summed E-state index contributed by atoms with van der Waals surface area (Å²) in [6, 6.07) is 23.1. The third kappa shape index (κ3) is 2.98. The smallest absolute Gasteiger partial charge is 0.266 e. The van der Waals surface area contributed by atoms with Crippen molar-refractivity contribution in [2.75, 3.05) is 17.1 Å². The van der Waals surface area contributed by atoms with Gasteiger partial charge in [0.25, 0.3) is 5.91 Å². The SMILES string of the molecule is COc1ccc([C@H]2N(c3ccccc3)O[C@@H]3C(=O)N(c4ccc(Cl)cc4)C(=O)[C@@]32C)cc1. The van der Waals surface area contributed by atoms with E-state index in [-0.39, 0.29) is 5.91 Å². The highest BCUT2D eigenvalue weighted by Gasteiger charge is 2.68. The molecule has 3 atom stereocenters. The highest BCUT2D eigenvalue weighted by molar-refractivity contribution is 6.31. The van der Waals surface area contributed by atoms with Crippen molar-refractivity contribution in [3.05, 3.63) is 89.4 Å². The van der Waals surface area contributed by atoms with Crippen LogP contribution in [0.5, 0.6) is 5.75 Å². The van der Waals surface area contributed by atoms with E-state index in [0.29, 0.717) is 16.5 Å². The zero-order valence-electron chi connectivity index (χ0n) is 17.6. The molecule has 2 aliphatic heterocycles. The summed E-state index contributed by atoms with van der Waals surface area (Å²) < 4.78 is 5.29. The van der Waals surface area contributed by atoms with E-state index < -0.39 is 23.5 Å². The van der Waals surface area contributed by atoms with Crippen molar-refractivity contribution in [1.29, 1.82) is 0 Å². The van der Waals surface area contributed by atoms with Crippen LogP contribution in [-0.2, 0) is 14.4 Å². The molecule has 0 unspecified atom stereocenters. The van der Waals surface area contributed by atoms with Crippen LogP contribution in [0.25, 0.3) is 0 Å². The molecule has 2 amide bonds. The molecule has 3 aromatic rings. The number of nitrogens with zero attached hydrogens (tertiary/aromatic N) is 2. The van der Waals surface area contributed by atoms with Gasteiger partial charge >= 0.3 is 0 Å². The average Bonchev–Trinajstić information content (AvgIpc) is 3.23. The van der Waals surface area contributed by atoms with Gasteiger partial charge in [0.15, 0.2) is 6.10 Å². The number of imide groups is 1. The normalized spacial score (nSPS) is 24.7. The quantitative estimate of drug-likeness (QED) is 0.537. The van der Waals surface area contributed by atoms with E-state index in [1.807, 2.05) is 54.6 Å². The molecule has 2 heterocycles. The van der Waals surface area contributed by atoms with Gasteiger partial charge < -0.3 is 4.74 Å². The number of carbonyl (C=O) groups excluding carboxylic acids is 2. The first-order chi connectivity index (χ1) is 15.4. The molecule has 0 aromatic heterocycles. The minimum atomic E-state index is -1.14. The molecule has 0 spiro atoms. The second-order valence-electron chi connectivity index (χ2n) is 8.06. The summed E-state index contributed by atoms with van der Waals surface area (Å²) in [5, 5.41) is 2.21. The lowest BCUT2D eigenvalue weighted by Gasteiger charge is -2.32. The zero-order valence-corrected chi connectivity index (χ0v) is 18.3. The molecule has 0 radical (unpaired) electrons. The minimum absolute atomic E-state index is 0.311. The van der Waals surface area contributed by atoms with Crippen molar-refractivity contribution in [1.82, 2.24) is 0 Å². The van der Waals surface area contributed by atoms with Crippen LogP contribution in [0.3, 0.4) is 0 Å². The molecular weight excluding hydrogens is 428 g/mol. The van der Waals surface area contributed by atoms with E-state index in [1.165, 1.54) is 4.90 Å². The van der Waals surface area contributed by atoms with Gasteiger partial charge in [-0.1, -0.05) is 41.9 Å². The van der Waals surface area contributed by atoms with E-state index in [0.717, 1.165) is 11.3 Å². The largest absolute Gasteiger partial charge is 0.497 e. The van der Waals surface area contributed by atoms with Crippen LogP contribution in [0.1, 0.15) is 18.5 Å². The number of ether oxygens (including phenoxy) is 1. The molecule has 0 aliphatic carbocycles. The van der Waals surface area contributed by atoms with Gasteiger partial charge in [-0.15, -0.1) is 0 Å². The summed E-state index contributed by atoms with van der Waals surface area (Å²) >= 11 is 6.00. The maximum Gasteiger partial charge on any atom is 0.266 e. The van der Waals surface area contributed by atoms with Gasteiger partial charge in [-0.25, -0.2) is 9.96 Å². The molecule has 0 bridgehead atoms. The number of benzene rings is 3. The number of amides is 2. The van der Waals surface area contributed by atoms with Crippen molar-refractivity contribution in [3.63, 3.8) is 0 Å². The van der Waals surface area contributed by atoms with E-state index in [4.69, 9.17) is 21.2 Å². The molecule has 0 saturated carbocycles. The maximum atomic E-state index is 13.8. The topological polar surface area (TPSA) is 59.1 Å². The van der Waals surface area contributed by atoms with E-state index in [1.54, 1.807) is 43.4 Å². The number of methoxy groups -OCH3 is 1. The standard InChI is InChI=1S/C25H21ClN2O4/c1-25-21(16-8-14-20(31-2)15-9-16)28(19-6-4-3-5-7-19)32-22(25)23(29)27(24(25)30)18-12-10-17(26)11-13-18/h3-15,21-22H,1-2H3/t21-,22-,25-/m1/s1. The van der Waals surface area contributed by atoms with E-state index in [9.17, 15) is 9.59 Å². The molecule has 32 heavy (non-hydrogen) atoms. The van der Waals surface area contributed by atoms with Gasteiger partial charge in [0.1, 0.15) is 11.2 Å². The number of fused-ring (bicyclic) bond motifs is 1. The van der Waals surface area contributed by atoms with Crippen LogP contribution < -0.4 is 14.7 Å². The first-order valence-electron chi connectivity index (χ1n) is 10.2. The van der Waals surface area contributed by atoms with Gasteiger partial charge in [0, 0.05) is 5.02 Å². The second kappa shape index (κ2) is 7.65. The maximum absolute atomic E-state index is 13.8. The second-order valence-corrected chi connectivity index (χ2v) is 8.50. The fourth-order valence-electron chi connectivity index (χ4n) is 4.55. The Morgan fingerprint density at radius 2 is 1.56 bits per heavy atom. The van der Waals surface area contributed by atoms with Gasteiger partial charge in [0.05, 0.1) is 24.5 Å². The number of hydroxylamine groups is 1. The number of anilines is 2. The Labute approximate surface area is 190 Å². The third-order valence-electron chi connectivity index (χ3n) is 6.20. The highest BCUT2D eigenvalue weighted by atomic mass is 35.5. The first kappa shape index (κ1) is 20.5. The number of rotatable bonds is 4. The predicted octanol–water partition coefficient (Wildman–Crippen LogP) is 4.79. The Hall–Kier alpha value is -3.35. The fourth-order valence-corrected chi connectivity index (χ4v) is 4.67. The van der Waals surface area contributed by atoms with Crippen LogP contribution >= 0.6 is 11.6 Å². The number of carbonyl (C=O) groups is 2. The van der Waals surface area contributed by atoms with Gasteiger partial charge in [-0.2, -0.15) is 0 Å². The van der Waals surface area contributed by atoms with Gasteiger partial charge in [-0.05, 0) is 61.0 Å². The molecule has 2 aliphatic rings. The molecule has 0 N–H and O–H groups in total. The summed E-state index contributed by atoms with van der Waals surface area (Å²) in [6.07, 6.45) is -0.960. The molecule has 7 heteroatoms. The minimum Gasteiger partial charge on any atom is -0.497 e. The highest BCUT2D eigenvalue weighted by Crippen LogP contribution is 2.55. The number of hydrogen-bond acceptors (Lipinski definition) is 5. The number of hydrogen-bond donors (Lipinski definition) is 0. The third-order valence-corrected chi connectivity index (χ3v) is 6.45. The zero-order chi connectivity index (χ0) is 22.5. The summed E-state index contributed by atoms with van der Waals surface area (Å²) in [5.74, 6) is 0.00285. The predicted molar refractivity (Wildman–Crippen MR) is 122 cm³/mol. The Morgan fingerprint density at radius 1 is 0.906 bits per heavy atom. The Balaban J connectivity index is 1.62. The van der Waals surface area contributed by atoms with Crippen molar-refractivity contribution < 1.29 is 19.2 Å². The monoisotopic (exact) mass is 448 g/mol. The molecule has 3 aromatic carbocycles. The fraction of sp³-hybridized carbons (Fsp3) is 0.200. The molecule has 6 nitrogen and oxygen atoms in total. The number of halogens is 1. The average molecular weight is 449 g/mol. The Bertz CT molecular complexity index is 1170. The summed E-state index contributed by atoms with van der Waals surface area (Å²) in [7, 11) is 1.60. The van der Waals surface area contributed by atoms with Gasteiger partial charge in [-0.3, -0.25) is 14.4 Å². The molecule has 2 saturated heterocycles. The van der Waals surface area contributed by atoms with Gasteiger partial charge in [0.2, 0.25) is 5.91 Å². The first-order valence-corrected chi connectivity index (χ1v) is 10.6. The van der Waals surface area contributed by atoms with Crippen LogP contribution in [0.15, 0.2) is 78.9 Å². The number of para-hydroxylation sites is 1.